The monoisotopic (exact) mass is 296 g/mol. The van der Waals surface area contributed by atoms with Crippen LogP contribution in [0.3, 0.4) is 0 Å². The van der Waals surface area contributed by atoms with Gasteiger partial charge in [-0.05, 0) is 12.8 Å². The van der Waals surface area contributed by atoms with E-state index in [0.29, 0.717) is 18.8 Å². The van der Waals surface area contributed by atoms with Crippen LogP contribution in [0.2, 0.25) is 0 Å². The van der Waals surface area contributed by atoms with Crippen molar-refractivity contribution in [1.82, 2.24) is 9.55 Å². The average molecular weight is 296 g/mol. The Balaban J connectivity index is 2.57. The van der Waals surface area contributed by atoms with Crippen molar-refractivity contribution >= 4 is 11.5 Å². The third-order valence-corrected chi connectivity index (χ3v) is 3.52. The number of anilines is 2. The topological polar surface area (TPSA) is 92.9 Å². The predicted octanol–water partition coefficient (Wildman–Crippen LogP) is 2.30. The zero-order valence-electron chi connectivity index (χ0n) is 13.2. The van der Waals surface area contributed by atoms with Gasteiger partial charge in [-0.2, -0.15) is 0 Å². The van der Waals surface area contributed by atoms with Crippen molar-refractivity contribution in [2.75, 3.05) is 17.6 Å². The number of nitrogens with two attached hydrogens (primary N) is 1. The molecule has 4 N–H and O–H groups in total. The first-order valence-electron chi connectivity index (χ1n) is 7.98. The van der Waals surface area contributed by atoms with Crippen LogP contribution in [0.15, 0.2) is 9.59 Å². The van der Waals surface area contributed by atoms with Crippen LogP contribution in [0.25, 0.3) is 0 Å². The van der Waals surface area contributed by atoms with Gasteiger partial charge in [0, 0.05) is 13.1 Å². The van der Waals surface area contributed by atoms with Gasteiger partial charge in [0.15, 0.2) is 0 Å². The lowest BCUT2D eigenvalue weighted by atomic mass is 10.1. The third-order valence-electron chi connectivity index (χ3n) is 3.52. The van der Waals surface area contributed by atoms with Crippen LogP contribution >= 0.6 is 0 Å². The third kappa shape index (κ3) is 5.28. The van der Waals surface area contributed by atoms with E-state index in [4.69, 9.17) is 5.73 Å². The van der Waals surface area contributed by atoms with Crippen molar-refractivity contribution in [2.24, 2.45) is 0 Å². The molecular formula is C15H28N4O2. The van der Waals surface area contributed by atoms with Crippen molar-refractivity contribution in [3.05, 3.63) is 20.8 Å². The van der Waals surface area contributed by atoms with Gasteiger partial charge >= 0.3 is 5.69 Å². The molecule has 0 amide bonds. The van der Waals surface area contributed by atoms with E-state index in [-0.39, 0.29) is 5.82 Å². The molecule has 21 heavy (non-hydrogen) atoms. The lowest BCUT2D eigenvalue weighted by Gasteiger charge is -2.13. The number of hydrogen-bond acceptors (Lipinski definition) is 4. The average Bonchev–Trinajstić information content (AvgIpc) is 2.45. The minimum atomic E-state index is -0.440. The van der Waals surface area contributed by atoms with E-state index in [1.807, 2.05) is 6.92 Å². The minimum Gasteiger partial charge on any atom is -0.383 e. The Morgan fingerprint density at radius 2 is 1.71 bits per heavy atom. The van der Waals surface area contributed by atoms with Crippen molar-refractivity contribution in [2.45, 2.75) is 65.3 Å². The fourth-order valence-corrected chi connectivity index (χ4v) is 2.32. The first kappa shape index (κ1) is 17.3. The molecule has 0 fully saturated rings. The quantitative estimate of drug-likeness (QED) is 0.578. The van der Waals surface area contributed by atoms with Crippen LogP contribution < -0.4 is 22.3 Å². The number of unbranched alkanes of at least 4 members (excludes halogenated alkanes) is 5. The van der Waals surface area contributed by atoms with Gasteiger partial charge in [-0.15, -0.1) is 0 Å². The summed E-state index contributed by atoms with van der Waals surface area (Å²) < 4.78 is 1.41. The fraction of sp³-hybridized carbons (Fsp3) is 0.733. The van der Waals surface area contributed by atoms with E-state index in [1.54, 1.807) is 0 Å². The maximum absolute atomic E-state index is 11.8. The molecular weight excluding hydrogens is 268 g/mol. The molecule has 0 aliphatic rings. The Hall–Kier alpha value is -1.72. The second-order valence-electron chi connectivity index (χ2n) is 5.37. The normalized spacial score (nSPS) is 10.8. The molecule has 6 nitrogen and oxygen atoms in total. The number of nitrogens with one attached hydrogen (secondary N) is 2. The molecule has 1 heterocycles. The molecule has 1 aromatic rings. The van der Waals surface area contributed by atoms with Crippen LogP contribution in [0, 0.1) is 0 Å². The number of hydrogen-bond donors (Lipinski definition) is 3. The van der Waals surface area contributed by atoms with Crippen molar-refractivity contribution < 1.29 is 0 Å². The van der Waals surface area contributed by atoms with Crippen molar-refractivity contribution in [3.63, 3.8) is 0 Å². The van der Waals surface area contributed by atoms with Crippen LogP contribution in [-0.2, 0) is 6.54 Å². The van der Waals surface area contributed by atoms with E-state index in [2.05, 4.69) is 17.2 Å². The Labute approximate surface area is 125 Å². The van der Waals surface area contributed by atoms with Crippen LogP contribution in [-0.4, -0.2) is 16.1 Å². The summed E-state index contributed by atoms with van der Waals surface area (Å²) in [4.78, 5) is 25.8. The maximum Gasteiger partial charge on any atom is 0.330 e. The largest absolute Gasteiger partial charge is 0.383 e. The smallest absolute Gasteiger partial charge is 0.330 e. The van der Waals surface area contributed by atoms with Gasteiger partial charge in [-0.1, -0.05) is 46.0 Å². The first-order valence-corrected chi connectivity index (χ1v) is 7.98. The maximum atomic E-state index is 11.8. The molecule has 1 rings (SSSR count). The fourth-order valence-electron chi connectivity index (χ4n) is 2.32. The standard InChI is InChI=1S/C15H28N4O2/c1-3-5-6-7-8-9-10-17-12-13(16)19(11-4-2)15(21)18-14(12)20/h17H,3-11,16H2,1-2H3,(H,18,20,21). The second kappa shape index (κ2) is 9.26. The molecule has 1 aromatic heterocycles. The molecule has 0 spiro atoms. The molecule has 0 unspecified atom stereocenters. The van der Waals surface area contributed by atoms with E-state index >= 15 is 0 Å². The van der Waals surface area contributed by atoms with Gasteiger partial charge in [0.1, 0.15) is 11.5 Å². The lowest BCUT2D eigenvalue weighted by Crippen LogP contribution is -2.34. The lowest BCUT2D eigenvalue weighted by molar-refractivity contribution is 0.615. The summed E-state index contributed by atoms with van der Waals surface area (Å²) in [5.74, 6) is 0.233. The second-order valence-corrected chi connectivity index (χ2v) is 5.37. The molecule has 0 bridgehead atoms. The highest BCUT2D eigenvalue weighted by atomic mass is 16.2. The highest BCUT2D eigenvalue weighted by Crippen LogP contribution is 2.11. The summed E-state index contributed by atoms with van der Waals surface area (Å²) in [6.07, 6.45) is 7.92. The summed E-state index contributed by atoms with van der Waals surface area (Å²) in [7, 11) is 0. The number of nitrogen functional groups attached to an aromatic ring is 1. The Morgan fingerprint density at radius 3 is 2.38 bits per heavy atom. The molecule has 0 radical (unpaired) electrons. The Kier molecular flexibility index (Phi) is 7.64. The summed E-state index contributed by atoms with van der Waals surface area (Å²) in [6.45, 7) is 5.36. The van der Waals surface area contributed by atoms with E-state index in [9.17, 15) is 9.59 Å². The summed E-state index contributed by atoms with van der Waals surface area (Å²) in [5, 5.41) is 3.07. The van der Waals surface area contributed by atoms with E-state index < -0.39 is 11.2 Å². The number of nitrogens with zero attached hydrogens (tertiary/aromatic N) is 1. The molecule has 0 aromatic carbocycles. The molecule has 0 saturated carbocycles. The zero-order chi connectivity index (χ0) is 15.7. The first-order chi connectivity index (χ1) is 10.1. The van der Waals surface area contributed by atoms with E-state index in [0.717, 1.165) is 19.3 Å². The molecule has 0 aliphatic carbocycles. The highest BCUT2D eigenvalue weighted by Gasteiger charge is 2.10. The van der Waals surface area contributed by atoms with Crippen molar-refractivity contribution in [3.8, 4) is 0 Å². The number of rotatable bonds is 10. The minimum absolute atomic E-state index is 0.233. The van der Waals surface area contributed by atoms with Gasteiger partial charge in [-0.25, -0.2) is 4.79 Å². The molecule has 0 saturated heterocycles. The molecule has 6 heteroatoms. The SMILES string of the molecule is CCCCCCCCNc1c(N)n(CCC)c(=O)[nH]c1=O. The molecule has 120 valence electrons. The highest BCUT2D eigenvalue weighted by molar-refractivity contribution is 5.60. The van der Waals surface area contributed by atoms with E-state index in [1.165, 1.54) is 30.3 Å². The van der Waals surface area contributed by atoms with Crippen LogP contribution in [0.1, 0.15) is 58.8 Å². The van der Waals surface area contributed by atoms with Gasteiger partial charge in [0.05, 0.1) is 0 Å². The van der Waals surface area contributed by atoms with Gasteiger partial charge in [0.25, 0.3) is 5.56 Å². The van der Waals surface area contributed by atoms with Gasteiger partial charge in [-0.3, -0.25) is 14.3 Å². The van der Waals surface area contributed by atoms with Gasteiger partial charge < -0.3 is 11.1 Å². The Bertz CT molecular complexity index is 533. The molecule has 0 aliphatic heterocycles. The van der Waals surface area contributed by atoms with Gasteiger partial charge in [0.2, 0.25) is 0 Å². The molecule has 0 atom stereocenters. The number of aromatic amines is 1. The summed E-state index contributed by atoms with van der Waals surface area (Å²) >= 11 is 0. The number of aromatic nitrogens is 2. The van der Waals surface area contributed by atoms with Crippen LogP contribution in [0.4, 0.5) is 11.5 Å². The van der Waals surface area contributed by atoms with Crippen molar-refractivity contribution in [1.29, 1.82) is 0 Å². The summed E-state index contributed by atoms with van der Waals surface area (Å²) in [5.41, 5.74) is 5.37. The number of H-pyrrole nitrogens is 1. The summed E-state index contributed by atoms with van der Waals surface area (Å²) in [6, 6.07) is 0. The van der Waals surface area contributed by atoms with Crippen LogP contribution in [0.5, 0.6) is 0 Å². The predicted molar refractivity (Wildman–Crippen MR) is 87.9 cm³/mol. The Morgan fingerprint density at radius 1 is 1.05 bits per heavy atom. The zero-order valence-corrected chi connectivity index (χ0v) is 13.2.